The fraction of sp³-hybridized carbons (Fsp3) is 0.500. The molecule has 0 fully saturated rings. The maximum Gasteiger partial charge on any atom is 0.240 e. The Labute approximate surface area is 119 Å². The van der Waals surface area contributed by atoms with Gasteiger partial charge in [0.1, 0.15) is 9.84 Å². The van der Waals surface area contributed by atoms with Crippen LogP contribution in [0.5, 0.6) is 0 Å². The lowest BCUT2D eigenvalue weighted by atomic mass is 10.1. The van der Waals surface area contributed by atoms with Gasteiger partial charge in [-0.2, -0.15) is 0 Å². The molecule has 1 rings (SSSR count). The van der Waals surface area contributed by atoms with Gasteiger partial charge in [-0.25, -0.2) is 21.6 Å². The van der Waals surface area contributed by atoms with E-state index in [0.29, 0.717) is 5.56 Å². The summed E-state index contributed by atoms with van der Waals surface area (Å²) in [7, 11) is -7.08. The largest absolute Gasteiger partial charge is 0.389 e. The Morgan fingerprint density at radius 2 is 1.80 bits per heavy atom. The van der Waals surface area contributed by atoms with Crippen molar-refractivity contribution in [1.82, 2.24) is 4.72 Å². The van der Waals surface area contributed by atoms with Crippen LogP contribution in [0.15, 0.2) is 29.2 Å². The number of hydrogen-bond donors (Lipinski definition) is 2. The lowest BCUT2D eigenvalue weighted by molar-refractivity contribution is 0.199. The van der Waals surface area contributed by atoms with Crippen LogP contribution >= 0.6 is 0 Å². The molecular weight excluding hydrogens is 302 g/mol. The molecule has 2 atom stereocenters. The van der Waals surface area contributed by atoms with Crippen molar-refractivity contribution < 1.29 is 21.9 Å². The molecule has 0 bridgehead atoms. The smallest absolute Gasteiger partial charge is 0.240 e. The van der Waals surface area contributed by atoms with E-state index in [2.05, 4.69) is 4.72 Å². The highest BCUT2D eigenvalue weighted by atomic mass is 32.2. The molecule has 6 nitrogen and oxygen atoms in total. The van der Waals surface area contributed by atoms with Crippen LogP contribution in [0.1, 0.15) is 25.5 Å². The summed E-state index contributed by atoms with van der Waals surface area (Å²) in [5.41, 5.74) is 0.476. The first kappa shape index (κ1) is 17.1. The van der Waals surface area contributed by atoms with Gasteiger partial charge >= 0.3 is 0 Å². The molecule has 2 unspecified atom stereocenters. The lowest BCUT2D eigenvalue weighted by Crippen LogP contribution is -2.37. The molecule has 0 saturated carbocycles. The quantitative estimate of drug-likeness (QED) is 0.792. The molecule has 0 aromatic heterocycles. The van der Waals surface area contributed by atoms with Crippen molar-refractivity contribution >= 4 is 19.9 Å². The van der Waals surface area contributed by atoms with Crippen molar-refractivity contribution in [3.63, 3.8) is 0 Å². The molecule has 1 aromatic carbocycles. The summed E-state index contributed by atoms with van der Waals surface area (Å²) in [6.07, 6.45) is 0.268. The minimum absolute atomic E-state index is 0.00347. The first-order valence-corrected chi connectivity index (χ1v) is 9.54. The first-order chi connectivity index (χ1) is 9.01. The van der Waals surface area contributed by atoms with Crippen LogP contribution in [0.2, 0.25) is 0 Å². The summed E-state index contributed by atoms with van der Waals surface area (Å²) in [6.45, 7) is 3.02. The molecule has 1 aromatic rings. The van der Waals surface area contributed by atoms with Gasteiger partial charge in [0.2, 0.25) is 10.0 Å². The van der Waals surface area contributed by atoms with E-state index < -0.39 is 32.0 Å². The van der Waals surface area contributed by atoms with Crippen molar-refractivity contribution in [1.29, 1.82) is 0 Å². The Morgan fingerprint density at radius 1 is 1.20 bits per heavy atom. The number of sulfonamides is 1. The van der Waals surface area contributed by atoms with Crippen LogP contribution in [-0.2, 0) is 19.9 Å². The molecule has 0 aliphatic rings. The van der Waals surface area contributed by atoms with E-state index in [1.807, 2.05) is 0 Å². The van der Waals surface area contributed by atoms with Gasteiger partial charge in [-0.15, -0.1) is 0 Å². The predicted molar refractivity (Wildman–Crippen MR) is 76.6 cm³/mol. The van der Waals surface area contributed by atoms with Crippen molar-refractivity contribution in [3.8, 4) is 0 Å². The van der Waals surface area contributed by atoms with Gasteiger partial charge in [0.15, 0.2) is 0 Å². The molecule has 0 heterocycles. The summed E-state index contributed by atoms with van der Waals surface area (Å²) < 4.78 is 48.8. The Hall–Kier alpha value is -0.960. The first-order valence-electron chi connectivity index (χ1n) is 5.99. The Balaban J connectivity index is 2.97. The summed E-state index contributed by atoms with van der Waals surface area (Å²) in [4.78, 5) is -0.00347. The second-order valence-corrected chi connectivity index (χ2v) is 8.76. The maximum atomic E-state index is 12.1. The van der Waals surface area contributed by atoms with E-state index in [9.17, 15) is 21.9 Å². The summed E-state index contributed by atoms with van der Waals surface area (Å²) in [5, 5.41) is 9.45. The zero-order valence-corrected chi connectivity index (χ0v) is 13.2. The van der Waals surface area contributed by atoms with Crippen molar-refractivity contribution in [2.24, 2.45) is 0 Å². The number of benzene rings is 1. The molecule has 0 amide bonds. The Kier molecular flexibility index (Phi) is 5.31. The Morgan fingerprint density at radius 3 is 2.30 bits per heavy atom. The number of hydrogen-bond acceptors (Lipinski definition) is 5. The highest BCUT2D eigenvalue weighted by molar-refractivity contribution is 7.91. The molecule has 0 radical (unpaired) electrons. The minimum atomic E-state index is -3.81. The monoisotopic (exact) mass is 321 g/mol. The Bertz CT molecular complexity index is 665. The fourth-order valence-corrected chi connectivity index (χ4v) is 4.16. The number of rotatable bonds is 6. The van der Waals surface area contributed by atoms with Crippen LogP contribution in [0, 0.1) is 0 Å². The average molecular weight is 321 g/mol. The molecule has 8 heteroatoms. The lowest BCUT2D eigenvalue weighted by Gasteiger charge is -2.14. The third-order valence-corrected chi connectivity index (χ3v) is 5.25. The predicted octanol–water partition coefficient (Wildman–Crippen LogP) is 0.451. The molecule has 0 aliphatic heterocycles. The van der Waals surface area contributed by atoms with Crippen molar-refractivity contribution in [3.05, 3.63) is 29.8 Å². The number of aliphatic hydroxyl groups is 1. The topological polar surface area (TPSA) is 101 Å². The maximum absolute atomic E-state index is 12.1. The average Bonchev–Trinajstić information content (AvgIpc) is 2.25. The second kappa shape index (κ2) is 6.21. The molecule has 2 N–H and O–H groups in total. The zero-order valence-electron chi connectivity index (χ0n) is 11.6. The second-order valence-electron chi connectivity index (χ2n) is 4.86. The van der Waals surface area contributed by atoms with E-state index in [0.717, 1.165) is 6.26 Å². The standard InChI is InChI=1S/C12H19NO5S2/c1-9(8-19(3,15)16)13-20(17,18)12-6-4-5-11(7-12)10(2)14/h4-7,9-10,13-14H,8H2,1-3H3. The van der Waals surface area contributed by atoms with Gasteiger partial charge in [0, 0.05) is 12.3 Å². The van der Waals surface area contributed by atoms with Gasteiger partial charge in [0.25, 0.3) is 0 Å². The van der Waals surface area contributed by atoms with Crippen LogP contribution in [0.25, 0.3) is 0 Å². The molecular formula is C12H19NO5S2. The van der Waals surface area contributed by atoms with E-state index in [-0.39, 0.29) is 10.6 Å². The van der Waals surface area contributed by atoms with E-state index in [1.165, 1.54) is 32.0 Å². The minimum Gasteiger partial charge on any atom is -0.389 e. The van der Waals surface area contributed by atoms with Crippen molar-refractivity contribution in [2.75, 3.05) is 12.0 Å². The number of aliphatic hydroxyl groups excluding tert-OH is 1. The number of sulfone groups is 1. The van der Waals surface area contributed by atoms with Gasteiger partial charge in [-0.1, -0.05) is 12.1 Å². The number of nitrogens with one attached hydrogen (secondary N) is 1. The fourth-order valence-electron chi connectivity index (χ4n) is 1.76. The summed E-state index contributed by atoms with van der Waals surface area (Å²) >= 11 is 0. The molecule has 0 saturated heterocycles. The SMILES string of the molecule is CC(CS(C)(=O)=O)NS(=O)(=O)c1cccc(C(C)O)c1. The summed E-state index contributed by atoms with van der Waals surface area (Å²) in [6, 6.07) is 5.16. The summed E-state index contributed by atoms with van der Waals surface area (Å²) in [5.74, 6) is -0.275. The van der Waals surface area contributed by atoms with Gasteiger partial charge in [0.05, 0.1) is 16.8 Å². The van der Waals surface area contributed by atoms with Crippen LogP contribution in [0.3, 0.4) is 0 Å². The van der Waals surface area contributed by atoms with E-state index in [1.54, 1.807) is 6.07 Å². The van der Waals surface area contributed by atoms with Crippen LogP contribution < -0.4 is 4.72 Å². The van der Waals surface area contributed by atoms with Crippen LogP contribution in [0.4, 0.5) is 0 Å². The third kappa shape index (κ3) is 5.20. The normalized spacial score (nSPS) is 15.8. The molecule has 20 heavy (non-hydrogen) atoms. The van der Waals surface area contributed by atoms with Crippen LogP contribution in [-0.4, -0.2) is 40.0 Å². The molecule has 0 spiro atoms. The van der Waals surface area contributed by atoms with Crippen molar-refractivity contribution in [2.45, 2.75) is 30.9 Å². The molecule has 114 valence electrons. The van der Waals surface area contributed by atoms with Gasteiger partial charge in [-0.3, -0.25) is 0 Å². The van der Waals surface area contributed by atoms with E-state index >= 15 is 0 Å². The zero-order chi connectivity index (χ0) is 15.6. The molecule has 0 aliphatic carbocycles. The highest BCUT2D eigenvalue weighted by Gasteiger charge is 2.20. The highest BCUT2D eigenvalue weighted by Crippen LogP contribution is 2.17. The van der Waals surface area contributed by atoms with E-state index in [4.69, 9.17) is 0 Å². The van der Waals surface area contributed by atoms with Gasteiger partial charge < -0.3 is 5.11 Å². The third-order valence-electron chi connectivity index (χ3n) is 2.56. The van der Waals surface area contributed by atoms with Gasteiger partial charge in [-0.05, 0) is 31.5 Å².